The highest BCUT2D eigenvalue weighted by molar-refractivity contribution is 5.28. The lowest BCUT2D eigenvalue weighted by atomic mass is 10.1. The Kier molecular flexibility index (Phi) is 3.92. The van der Waals surface area contributed by atoms with Gasteiger partial charge in [0.25, 0.3) is 0 Å². The van der Waals surface area contributed by atoms with Gasteiger partial charge in [0.1, 0.15) is 12.6 Å². The van der Waals surface area contributed by atoms with Crippen LogP contribution in [0.2, 0.25) is 0 Å². The summed E-state index contributed by atoms with van der Waals surface area (Å²) >= 11 is 0. The molecule has 0 aromatic heterocycles. The van der Waals surface area contributed by atoms with E-state index in [1.807, 2.05) is 0 Å². The predicted molar refractivity (Wildman–Crippen MR) is 61.1 cm³/mol. The highest BCUT2D eigenvalue weighted by Crippen LogP contribution is 2.31. The van der Waals surface area contributed by atoms with Gasteiger partial charge in [-0.05, 0) is 6.07 Å². The molecule has 1 unspecified atom stereocenters. The van der Waals surface area contributed by atoms with E-state index in [0.717, 1.165) is 30.4 Å². The molecule has 1 heterocycles. The highest BCUT2D eigenvalue weighted by Gasteiger charge is 2.35. The molecule has 0 bridgehead atoms. The summed E-state index contributed by atoms with van der Waals surface area (Å²) < 4.78 is 38.5. The maximum atomic E-state index is 12.8. The largest absolute Gasteiger partial charge is 0.416 e. The molecule has 0 radical (unpaired) electrons. The van der Waals surface area contributed by atoms with Crippen molar-refractivity contribution in [2.24, 2.45) is 0 Å². The fourth-order valence-electron chi connectivity index (χ4n) is 2.63. The van der Waals surface area contributed by atoms with Crippen molar-refractivity contribution in [3.8, 4) is 0 Å². The van der Waals surface area contributed by atoms with Crippen LogP contribution >= 0.6 is 0 Å². The quantitative estimate of drug-likeness (QED) is 0.840. The van der Waals surface area contributed by atoms with Gasteiger partial charge in [0.15, 0.2) is 0 Å². The molecule has 1 fully saturated rings. The van der Waals surface area contributed by atoms with Crippen LogP contribution in [0.4, 0.5) is 13.2 Å². The minimum atomic E-state index is -4.30. The average molecular weight is 260 g/mol. The molecule has 2 rings (SSSR count). The number of nitrogens with one attached hydrogen (secondary N) is 1. The first-order valence-corrected chi connectivity index (χ1v) is 6.13. The highest BCUT2D eigenvalue weighted by atomic mass is 19.4. The minimum absolute atomic E-state index is 0.0452. The van der Waals surface area contributed by atoms with Gasteiger partial charge in [0.2, 0.25) is 0 Å². The molecule has 1 aromatic carbocycles. The first-order chi connectivity index (χ1) is 8.52. The second kappa shape index (κ2) is 5.28. The van der Waals surface area contributed by atoms with Crippen LogP contribution in [-0.4, -0.2) is 24.3 Å². The van der Waals surface area contributed by atoms with Crippen molar-refractivity contribution in [2.75, 3.05) is 13.2 Å². The molecule has 1 aromatic rings. The van der Waals surface area contributed by atoms with Crippen LogP contribution in [0.1, 0.15) is 24.0 Å². The van der Waals surface area contributed by atoms with Gasteiger partial charge in [0, 0.05) is 18.4 Å². The standard InChI is InChI=1S/C13H16F3NO/c14-13(15,16)12-6-2-1-4-10(12)8-17-7-3-5-11(17)9-18/h1-2,4,6,11,18H,3,5,7-9H2/p+1/t11-/m1/s1. The fourth-order valence-corrected chi connectivity index (χ4v) is 2.63. The van der Waals surface area contributed by atoms with Crippen LogP contribution in [0, 0.1) is 0 Å². The van der Waals surface area contributed by atoms with Crippen LogP contribution < -0.4 is 4.90 Å². The van der Waals surface area contributed by atoms with E-state index in [-0.39, 0.29) is 12.6 Å². The van der Waals surface area contributed by atoms with Crippen molar-refractivity contribution in [1.82, 2.24) is 0 Å². The molecule has 5 heteroatoms. The van der Waals surface area contributed by atoms with Crippen LogP contribution in [-0.2, 0) is 12.7 Å². The van der Waals surface area contributed by atoms with Gasteiger partial charge in [-0.25, -0.2) is 0 Å². The second-order valence-corrected chi connectivity index (χ2v) is 4.76. The van der Waals surface area contributed by atoms with Crippen molar-refractivity contribution in [3.63, 3.8) is 0 Å². The maximum absolute atomic E-state index is 12.8. The van der Waals surface area contributed by atoms with Crippen LogP contribution in [0.15, 0.2) is 24.3 Å². The van der Waals surface area contributed by atoms with E-state index in [4.69, 9.17) is 0 Å². The van der Waals surface area contributed by atoms with E-state index >= 15 is 0 Å². The van der Waals surface area contributed by atoms with E-state index in [1.54, 1.807) is 6.07 Å². The molecule has 1 saturated heterocycles. The number of halogens is 3. The number of hydrogen-bond donors (Lipinski definition) is 2. The Morgan fingerprint density at radius 3 is 2.67 bits per heavy atom. The zero-order valence-electron chi connectivity index (χ0n) is 10.0. The summed E-state index contributed by atoms with van der Waals surface area (Å²) in [5, 5.41) is 9.20. The van der Waals surface area contributed by atoms with Gasteiger partial charge in [-0.15, -0.1) is 0 Å². The fraction of sp³-hybridized carbons (Fsp3) is 0.538. The molecule has 2 atom stereocenters. The summed E-state index contributed by atoms with van der Waals surface area (Å²) in [5.74, 6) is 0. The van der Waals surface area contributed by atoms with Gasteiger partial charge in [-0.2, -0.15) is 13.2 Å². The van der Waals surface area contributed by atoms with E-state index in [2.05, 4.69) is 0 Å². The molecule has 100 valence electrons. The Morgan fingerprint density at radius 1 is 1.28 bits per heavy atom. The van der Waals surface area contributed by atoms with E-state index in [9.17, 15) is 18.3 Å². The Labute approximate surface area is 104 Å². The first-order valence-electron chi connectivity index (χ1n) is 6.13. The number of alkyl halides is 3. The molecule has 2 N–H and O–H groups in total. The molecule has 1 aliphatic rings. The lowest BCUT2D eigenvalue weighted by Crippen LogP contribution is -3.13. The predicted octanol–water partition coefficient (Wildman–Crippen LogP) is 1.25. The van der Waals surface area contributed by atoms with Gasteiger partial charge in [-0.1, -0.05) is 18.2 Å². The Morgan fingerprint density at radius 2 is 2.00 bits per heavy atom. The third-order valence-corrected chi connectivity index (χ3v) is 3.59. The summed E-state index contributed by atoms with van der Waals surface area (Å²) in [6.07, 6.45) is -2.45. The number of quaternary nitrogens is 1. The van der Waals surface area contributed by atoms with Crippen molar-refractivity contribution < 1.29 is 23.2 Å². The Balaban J connectivity index is 2.19. The molecule has 2 nitrogen and oxygen atoms in total. The first kappa shape index (κ1) is 13.4. The lowest BCUT2D eigenvalue weighted by Gasteiger charge is -2.21. The number of rotatable bonds is 3. The monoisotopic (exact) mass is 260 g/mol. The zero-order chi connectivity index (χ0) is 13.2. The SMILES string of the molecule is OC[C@H]1CCC[NH+]1Cc1ccccc1C(F)(F)F. The summed E-state index contributed by atoms with van der Waals surface area (Å²) in [4.78, 5) is 1.05. The normalized spacial score (nSPS) is 24.4. The summed E-state index contributed by atoms with van der Waals surface area (Å²) in [6, 6.07) is 5.77. The van der Waals surface area contributed by atoms with E-state index in [1.165, 1.54) is 12.1 Å². The molecule has 0 aliphatic carbocycles. The minimum Gasteiger partial charge on any atom is -0.390 e. The zero-order valence-corrected chi connectivity index (χ0v) is 10.0. The number of aliphatic hydroxyl groups is 1. The molecule has 1 aliphatic heterocycles. The molecule has 0 spiro atoms. The smallest absolute Gasteiger partial charge is 0.390 e. The van der Waals surface area contributed by atoms with Crippen LogP contribution in [0.5, 0.6) is 0 Å². The summed E-state index contributed by atoms with van der Waals surface area (Å²) in [7, 11) is 0. The average Bonchev–Trinajstić information content (AvgIpc) is 2.75. The number of likely N-dealkylation sites (tertiary alicyclic amines) is 1. The summed E-state index contributed by atoms with van der Waals surface area (Å²) in [5.41, 5.74) is -0.235. The van der Waals surface area contributed by atoms with Crippen LogP contribution in [0.25, 0.3) is 0 Å². The van der Waals surface area contributed by atoms with Crippen molar-refractivity contribution in [3.05, 3.63) is 35.4 Å². The second-order valence-electron chi connectivity index (χ2n) is 4.76. The summed E-state index contributed by atoms with van der Waals surface area (Å²) in [6.45, 7) is 1.21. The molecular weight excluding hydrogens is 243 g/mol. The molecule has 0 amide bonds. The molecule has 0 saturated carbocycles. The van der Waals surface area contributed by atoms with Gasteiger partial charge < -0.3 is 10.0 Å². The maximum Gasteiger partial charge on any atom is 0.416 e. The van der Waals surface area contributed by atoms with Gasteiger partial charge in [0.05, 0.1) is 18.7 Å². The number of aliphatic hydroxyl groups excluding tert-OH is 1. The Hall–Kier alpha value is -1.07. The molecule has 18 heavy (non-hydrogen) atoms. The third-order valence-electron chi connectivity index (χ3n) is 3.59. The third kappa shape index (κ3) is 2.84. The van der Waals surface area contributed by atoms with Gasteiger partial charge >= 0.3 is 6.18 Å². The lowest BCUT2D eigenvalue weighted by molar-refractivity contribution is -0.926. The van der Waals surface area contributed by atoms with Crippen molar-refractivity contribution >= 4 is 0 Å². The number of benzene rings is 1. The van der Waals surface area contributed by atoms with Gasteiger partial charge in [-0.3, -0.25) is 0 Å². The van der Waals surface area contributed by atoms with Crippen LogP contribution in [0.3, 0.4) is 0 Å². The van der Waals surface area contributed by atoms with Crippen molar-refractivity contribution in [2.45, 2.75) is 31.6 Å². The Bertz CT molecular complexity index is 405. The van der Waals surface area contributed by atoms with Crippen molar-refractivity contribution in [1.29, 1.82) is 0 Å². The van der Waals surface area contributed by atoms with E-state index < -0.39 is 11.7 Å². The van der Waals surface area contributed by atoms with E-state index in [0.29, 0.717) is 12.1 Å². The topological polar surface area (TPSA) is 24.7 Å². The number of hydrogen-bond acceptors (Lipinski definition) is 1. The molecular formula is C13H17F3NO+.